The van der Waals surface area contributed by atoms with E-state index in [0.29, 0.717) is 24.9 Å². The fourth-order valence-electron chi connectivity index (χ4n) is 1.23. The number of amides is 1. The van der Waals surface area contributed by atoms with E-state index >= 15 is 0 Å². The molecule has 18 heavy (non-hydrogen) atoms. The second-order valence-corrected chi connectivity index (χ2v) is 4.11. The molecule has 1 rings (SSSR count). The van der Waals surface area contributed by atoms with Crippen molar-refractivity contribution in [2.24, 2.45) is 0 Å². The second kappa shape index (κ2) is 7.89. The fraction of sp³-hybridized carbons (Fsp3) is 0.500. The zero-order valence-corrected chi connectivity index (χ0v) is 11.2. The van der Waals surface area contributed by atoms with Gasteiger partial charge in [0, 0.05) is 19.3 Å². The highest BCUT2D eigenvalue weighted by atomic mass is 35.5. The van der Waals surface area contributed by atoms with Gasteiger partial charge in [0.2, 0.25) is 0 Å². The van der Waals surface area contributed by atoms with E-state index in [0.717, 1.165) is 5.56 Å². The normalized spacial score (nSPS) is 11.9. The van der Waals surface area contributed by atoms with Crippen molar-refractivity contribution < 1.29 is 14.3 Å². The quantitative estimate of drug-likeness (QED) is 0.808. The molecule has 0 saturated carbocycles. The van der Waals surface area contributed by atoms with Gasteiger partial charge in [0.15, 0.2) is 0 Å². The molecule has 0 aliphatic heterocycles. The van der Waals surface area contributed by atoms with Crippen LogP contribution in [-0.4, -0.2) is 30.4 Å². The number of carbonyl (C=O) groups excluding carboxylic acids is 1. The molecule has 1 heterocycles. The van der Waals surface area contributed by atoms with Crippen molar-refractivity contribution in [2.75, 3.05) is 13.2 Å². The summed E-state index contributed by atoms with van der Waals surface area (Å²) in [6.07, 6.45) is 0.858. The zero-order valence-electron chi connectivity index (χ0n) is 10.5. The van der Waals surface area contributed by atoms with Crippen LogP contribution < -0.4 is 5.32 Å². The average molecular weight is 273 g/mol. The predicted molar refractivity (Wildman–Crippen MR) is 68.5 cm³/mol. The Kier molecular flexibility index (Phi) is 6.46. The number of carbonyl (C=O) groups is 1. The molecule has 1 atom stereocenters. The Morgan fingerprint density at radius 1 is 1.56 bits per heavy atom. The first-order chi connectivity index (χ1) is 8.61. The maximum atomic E-state index is 11.4. The number of ether oxygens (including phenoxy) is 2. The molecule has 6 heteroatoms. The smallest absolute Gasteiger partial charge is 0.407 e. The van der Waals surface area contributed by atoms with Gasteiger partial charge in [-0.3, -0.25) is 0 Å². The van der Waals surface area contributed by atoms with Crippen molar-refractivity contribution in [2.45, 2.75) is 26.5 Å². The maximum Gasteiger partial charge on any atom is 0.407 e. The lowest BCUT2D eigenvalue weighted by Gasteiger charge is -2.13. The molecule has 0 aliphatic rings. The Balaban J connectivity index is 2.26. The standard InChI is InChI=1S/C12H17ClN2O3/c1-3-17-8-9(2)18-12(16)15-7-10-4-5-11(13)14-6-10/h4-6,9H,3,7-8H2,1-2H3,(H,15,16). The molecule has 1 aromatic heterocycles. The molecule has 1 N–H and O–H groups in total. The number of rotatable bonds is 6. The van der Waals surface area contributed by atoms with Gasteiger partial charge in [-0.05, 0) is 25.5 Å². The monoisotopic (exact) mass is 272 g/mol. The molecule has 100 valence electrons. The summed E-state index contributed by atoms with van der Waals surface area (Å²) < 4.78 is 10.2. The van der Waals surface area contributed by atoms with Gasteiger partial charge in [0.1, 0.15) is 11.3 Å². The number of hydrogen-bond acceptors (Lipinski definition) is 4. The van der Waals surface area contributed by atoms with Crippen LogP contribution in [0.4, 0.5) is 4.79 Å². The largest absolute Gasteiger partial charge is 0.444 e. The molecule has 0 spiro atoms. The topological polar surface area (TPSA) is 60.5 Å². The van der Waals surface area contributed by atoms with Crippen LogP contribution in [0.1, 0.15) is 19.4 Å². The van der Waals surface area contributed by atoms with E-state index in [2.05, 4.69) is 10.3 Å². The van der Waals surface area contributed by atoms with E-state index in [4.69, 9.17) is 21.1 Å². The third kappa shape index (κ3) is 5.84. The van der Waals surface area contributed by atoms with Gasteiger partial charge in [0.05, 0.1) is 6.61 Å². The number of hydrogen-bond donors (Lipinski definition) is 1. The highest BCUT2D eigenvalue weighted by Gasteiger charge is 2.08. The molecule has 1 aromatic rings. The fourth-order valence-corrected chi connectivity index (χ4v) is 1.34. The molecule has 0 bridgehead atoms. The summed E-state index contributed by atoms with van der Waals surface area (Å²) in [6, 6.07) is 3.46. The minimum absolute atomic E-state index is 0.270. The summed E-state index contributed by atoms with van der Waals surface area (Å²) in [4.78, 5) is 15.3. The molecule has 5 nitrogen and oxygen atoms in total. The van der Waals surface area contributed by atoms with E-state index < -0.39 is 6.09 Å². The van der Waals surface area contributed by atoms with Crippen molar-refractivity contribution in [3.05, 3.63) is 29.0 Å². The third-order valence-corrected chi connectivity index (χ3v) is 2.31. The number of aromatic nitrogens is 1. The summed E-state index contributed by atoms with van der Waals surface area (Å²) in [7, 11) is 0. The number of halogens is 1. The molecule has 1 unspecified atom stereocenters. The van der Waals surface area contributed by atoms with E-state index in [1.165, 1.54) is 0 Å². The lowest BCUT2D eigenvalue weighted by molar-refractivity contribution is 0.0328. The average Bonchev–Trinajstić information content (AvgIpc) is 2.35. The maximum absolute atomic E-state index is 11.4. The Hall–Kier alpha value is -1.33. The minimum atomic E-state index is -0.475. The van der Waals surface area contributed by atoms with Crippen LogP contribution in [0, 0.1) is 0 Å². The zero-order chi connectivity index (χ0) is 13.4. The van der Waals surface area contributed by atoms with Crippen molar-refractivity contribution in [1.82, 2.24) is 10.3 Å². The van der Waals surface area contributed by atoms with Crippen LogP contribution in [0.3, 0.4) is 0 Å². The van der Waals surface area contributed by atoms with Gasteiger partial charge in [-0.25, -0.2) is 9.78 Å². The Bertz CT molecular complexity index is 370. The van der Waals surface area contributed by atoms with Crippen molar-refractivity contribution in [3.8, 4) is 0 Å². The van der Waals surface area contributed by atoms with E-state index in [1.807, 2.05) is 6.92 Å². The van der Waals surface area contributed by atoms with Crippen molar-refractivity contribution in [3.63, 3.8) is 0 Å². The molecular formula is C12H17ClN2O3. The summed E-state index contributed by atoms with van der Waals surface area (Å²) in [5.41, 5.74) is 0.855. The molecular weight excluding hydrogens is 256 g/mol. The lowest BCUT2D eigenvalue weighted by atomic mass is 10.3. The van der Waals surface area contributed by atoms with Gasteiger partial charge < -0.3 is 14.8 Å². The van der Waals surface area contributed by atoms with Crippen LogP contribution in [0.25, 0.3) is 0 Å². The number of nitrogens with zero attached hydrogens (tertiary/aromatic N) is 1. The first-order valence-corrected chi connectivity index (χ1v) is 6.12. The highest BCUT2D eigenvalue weighted by Crippen LogP contribution is 2.05. The van der Waals surface area contributed by atoms with Crippen LogP contribution in [0.2, 0.25) is 5.15 Å². The van der Waals surface area contributed by atoms with Gasteiger partial charge in [-0.2, -0.15) is 0 Å². The van der Waals surface area contributed by atoms with Crippen molar-refractivity contribution >= 4 is 17.7 Å². The predicted octanol–water partition coefficient (Wildman–Crippen LogP) is 2.39. The van der Waals surface area contributed by atoms with Gasteiger partial charge >= 0.3 is 6.09 Å². The Labute approximate surface area is 111 Å². The first kappa shape index (κ1) is 14.7. The molecule has 0 radical (unpaired) electrons. The number of alkyl carbamates (subject to hydrolysis) is 1. The molecule has 1 amide bonds. The summed E-state index contributed by atoms with van der Waals surface area (Å²) in [5.74, 6) is 0. The SMILES string of the molecule is CCOCC(C)OC(=O)NCc1ccc(Cl)nc1. The van der Waals surface area contributed by atoms with Crippen LogP contribution >= 0.6 is 11.6 Å². The van der Waals surface area contributed by atoms with E-state index in [9.17, 15) is 4.79 Å². The van der Waals surface area contributed by atoms with Gasteiger partial charge in [-0.15, -0.1) is 0 Å². The van der Waals surface area contributed by atoms with E-state index in [1.54, 1.807) is 25.3 Å². The molecule has 0 aromatic carbocycles. The number of nitrogens with one attached hydrogen (secondary N) is 1. The summed E-state index contributed by atoms with van der Waals surface area (Å²) in [6.45, 7) is 5.02. The Morgan fingerprint density at radius 2 is 2.33 bits per heavy atom. The van der Waals surface area contributed by atoms with Crippen LogP contribution in [0.15, 0.2) is 18.3 Å². The van der Waals surface area contributed by atoms with Gasteiger partial charge in [-0.1, -0.05) is 17.7 Å². The third-order valence-electron chi connectivity index (χ3n) is 2.09. The van der Waals surface area contributed by atoms with Crippen LogP contribution in [0.5, 0.6) is 0 Å². The molecule has 0 saturated heterocycles. The minimum Gasteiger partial charge on any atom is -0.444 e. The molecule has 0 fully saturated rings. The Morgan fingerprint density at radius 3 is 2.94 bits per heavy atom. The number of pyridine rings is 1. The highest BCUT2D eigenvalue weighted by molar-refractivity contribution is 6.29. The van der Waals surface area contributed by atoms with E-state index in [-0.39, 0.29) is 6.10 Å². The van der Waals surface area contributed by atoms with Crippen molar-refractivity contribution in [1.29, 1.82) is 0 Å². The second-order valence-electron chi connectivity index (χ2n) is 3.72. The molecule has 0 aliphatic carbocycles. The van der Waals surface area contributed by atoms with Crippen LogP contribution in [-0.2, 0) is 16.0 Å². The van der Waals surface area contributed by atoms with Gasteiger partial charge in [0.25, 0.3) is 0 Å². The lowest BCUT2D eigenvalue weighted by Crippen LogP contribution is -2.29. The summed E-state index contributed by atoms with van der Waals surface area (Å²) in [5, 5.41) is 3.05. The first-order valence-electron chi connectivity index (χ1n) is 5.74. The summed E-state index contributed by atoms with van der Waals surface area (Å²) >= 11 is 5.65.